The van der Waals surface area contributed by atoms with Crippen LogP contribution in [0.25, 0.3) is 10.9 Å². The van der Waals surface area contributed by atoms with Gasteiger partial charge in [0.15, 0.2) is 5.43 Å². The molecule has 1 aromatic heterocycles. The largest absolute Gasteiger partial charge is 0.477 e. The van der Waals surface area contributed by atoms with Crippen LogP contribution in [-0.2, 0) is 6.54 Å². The van der Waals surface area contributed by atoms with Crippen LogP contribution in [0.1, 0.15) is 23.3 Å². The molecule has 104 valence electrons. The standard InChI is InChI=1S/C14H11F2NO3/c15-8-3-4-9(16)13-12(8)11(18)5-10(14(19)20)17(13)6-7-1-2-7/h3-5,7H,1-2,6H2,(H,19,20). The van der Waals surface area contributed by atoms with Crippen LogP contribution in [-0.4, -0.2) is 15.6 Å². The Morgan fingerprint density at radius 3 is 2.55 bits per heavy atom. The lowest BCUT2D eigenvalue weighted by atomic mass is 10.1. The number of aromatic carboxylic acids is 1. The van der Waals surface area contributed by atoms with Gasteiger partial charge in [-0.3, -0.25) is 4.79 Å². The molecule has 1 fully saturated rings. The molecular weight excluding hydrogens is 268 g/mol. The Kier molecular flexibility index (Phi) is 2.81. The molecule has 6 heteroatoms. The lowest BCUT2D eigenvalue weighted by Gasteiger charge is -2.15. The van der Waals surface area contributed by atoms with Gasteiger partial charge in [0.25, 0.3) is 0 Å². The molecule has 1 N–H and O–H groups in total. The minimum Gasteiger partial charge on any atom is -0.477 e. The fourth-order valence-corrected chi connectivity index (χ4v) is 2.36. The highest BCUT2D eigenvalue weighted by Gasteiger charge is 2.26. The quantitative estimate of drug-likeness (QED) is 0.938. The molecule has 0 aliphatic heterocycles. The van der Waals surface area contributed by atoms with Crippen molar-refractivity contribution < 1.29 is 18.7 Å². The number of carboxylic acids is 1. The maximum Gasteiger partial charge on any atom is 0.352 e. The minimum atomic E-state index is -1.33. The van der Waals surface area contributed by atoms with Crippen molar-refractivity contribution in [2.45, 2.75) is 19.4 Å². The summed E-state index contributed by atoms with van der Waals surface area (Å²) in [5.74, 6) is -2.70. The van der Waals surface area contributed by atoms with Crippen LogP contribution in [0, 0.1) is 17.6 Å². The van der Waals surface area contributed by atoms with Crippen molar-refractivity contribution in [1.29, 1.82) is 0 Å². The fourth-order valence-electron chi connectivity index (χ4n) is 2.36. The van der Waals surface area contributed by atoms with Crippen molar-refractivity contribution in [3.05, 3.63) is 45.8 Å². The van der Waals surface area contributed by atoms with E-state index in [1.807, 2.05) is 0 Å². The predicted octanol–water partition coefficient (Wildman–Crippen LogP) is 2.39. The summed E-state index contributed by atoms with van der Waals surface area (Å²) in [6, 6.07) is 2.64. The van der Waals surface area contributed by atoms with E-state index in [1.165, 1.54) is 4.57 Å². The van der Waals surface area contributed by atoms with Crippen LogP contribution in [0.5, 0.6) is 0 Å². The van der Waals surface area contributed by atoms with E-state index in [9.17, 15) is 18.4 Å². The zero-order valence-electron chi connectivity index (χ0n) is 10.4. The molecule has 1 aliphatic carbocycles. The predicted molar refractivity (Wildman–Crippen MR) is 67.8 cm³/mol. The second kappa shape index (κ2) is 4.40. The molecule has 0 unspecified atom stereocenters. The highest BCUT2D eigenvalue weighted by Crippen LogP contribution is 2.32. The zero-order chi connectivity index (χ0) is 14.4. The molecule has 0 amide bonds. The Morgan fingerprint density at radius 1 is 1.30 bits per heavy atom. The SMILES string of the molecule is O=C(O)c1cc(=O)c2c(F)ccc(F)c2n1CC1CC1. The van der Waals surface area contributed by atoms with Crippen LogP contribution in [0.4, 0.5) is 8.78 Å². The van der Waals surface area contributed by atoms with Gasteiger partial charge in [-0.15, -0.1) is 0 Å². The molecular formula is C14H11F2NO3. The third kappa shape index (κ3) is 1.97. The zero-order valence-corrected chi connectivity index (χ0v) is 10.4. The van der Waals surface area contributed by atoms with Gasteiger partial charge in [-0.2, -0.15) is 0 Å². The molecule has 0 bridgehead atoms. The van der Waals surface area contributed by atoms with Crippen LogP contribution in [0.15, 0.2) is 23.0 Å². The third-order valence-electron chi connectivity index (χ3n) is 3.51. The van der Waals surface area contributed by atoms with E-state index < -0.39 is 28.4 Å². The molecule has 1 aliphatic rings. The van der Waals surface area contributed by atoms with Crippen molar-refractivity contribution in [3.63, 3.8) is 0 Å². The van der Waals surface area contributed by atoms with E-state index in [4.69, 9.17) is 5.11 Å². The number of fused-ring (bicyclic) bond motifs is 1. The van der Waals surface area contributed by atoms with E-state index >= 15 is 0 Å². The molecule has 1 heterocycles. The maximum absolute atomic E-state index is 14.0. The van der Waals surface area contributed by atoms with Crippen molar-refractivity contribution in [2.75, 3.05) is 0 Å². The normalized spacial score (nSPS) is 14.7. The summed E-state index contributed by atoms with van der Waals surface area (Å²) >= 11 is 0. The smallest absolute Gasteiger partial charge is 0.352 e. The van der Waals surface area contributed by atoms with Gasteiger partial charge >= 0.3 is 5.97 Å². The van der Waals surface area contributed by atoms with Crippen molar-refractivity contribution in [2.24, 2.45) is 5.92 Å². The van der Waals surface area contributed by atoms with Crippen LogP contribution in [0.3, 0.4) is 0 Å². The molecule has 0 spiro atoms. The Balaban J connectivity index is 2.42. The highest BCUT2D eigenvalue weighted by atomic mass is 19.1. The summed E-state index contributed by atoms with van der Waals surface area (Å²) in [5, 5.41) is 8.77. The molecule has 0 saturated heterocycles. The summed E-state index contributed by atoms with van der Waals surface area (Å²) in [4.78, 5) is 23.1. The van der Waals surface area contributed by atoms with Crippen molar-refractivity contribution in [1.82, 2.24) is 4.57 Å². The van der Waals surface area contributed by atoms with Gasteiger partial charge in [-0.05, 0) is 30.9 Å². The first kappa shape index (κ1) is 12.8. The maximum atomic E-state index is 14.0. The van der Waals surface area contributed by atoms with Gasteiger partial charge < -0.3 is 9.67 Å². The van der Waals surface area contributed by atoms with Gasteiger partial charge in [0.1, 0.15) is 17.3 Å². The van der Waals surface area contributed by atoms with E-state index in [0.717, 1.165) is 31.0 Å². The Bertz CT molecular complexity index is 778. The number of hydrogen-bond donors (Lipinski definition) is 1. The average Bonchev–Trinajstić information content (AvgIpc) is 3.19. The topological polar surface area (TPSA) is 59.3 Å². The number of nitrogens with zero attached hydrogens (tertiary/aromatic N) is 1. The molecule has 3 rings (SSSR count). The second-order valence-corrected chi connectivity index (χ2v) is 5.01. The van der Waals surface area contributed by atoms with E-state index in [0.29, 0.717) is 0 Å². The number of pyridine rings is 1. The number of carboxylic acid groups (broad SMARTS) is 1. The van der Waals surface area contributed by atoms with Gasteiger partial charge in [0.05, 0.1) is 10.9 Å². The summed E-state index contributed by atoms with van der Waals surface area (Å²) in [7, 11) is 0. The first-order valence-electron chi connectivity index (χ1n) is 6.24. The average molecular weight is 279 g/mol. The molecule has 1 saturated carbocycles. The van der Waals surface area contributed by atoms with Crippen LogP contribution in [0.2, 0.25) is 0 Å². The lowest BCUT2D eigenvalue weighted by Crippen LogP contribution is -2.20. The fraction of sp³-hybridized carbons (Fsp3) is 0.286. The second-order valence-electron chi connectivity index (χ2n) is 5.01. The number of carbonyl (C=O) groups is 1. The first-order chi connectivity index (χ1) is 9.49. The van der Waals surface area contributed by atoms with Gasteiger partial charge in [-0.25, -0.2) is 13.6 Å². The summed E-state index contributed by atoms with van der Waals surface area (Å²) in [6.45, 7) is 0.277. The summed E-state index contributed by atoms with van der Waals surface area (Å²) < 4.78 is 29.0. The molecule has 2 aromatic rings. The summed E-state index contributed by atoms with van der Waals surface area (Å²) in [5.41, 5.74) is -1.39. The number of aromatic nitrogens is 1. The lowest BCUT2D eigenvalue weighted by molar-refractivity contribution is 0.0684. The van der Waals surface area contributed by atoms with Crippen molar-refractivity contribution in [3.8, 4) is 0 Å². The molecule has 0 radical (unpaired) electrons. The van der Waals surface area contributed by atoms with Gasteiger partial charge in [-0.1, -0.05) is 0 Å². The molecule has 20 heavy (non-hydrogen) atoms. The van der Waals surface area contributed by atoms with Crippen LogP contribution < -0.4 is 5.43 Å². The van der Waals surface area contributed by atoms with Crippen LogP contribution >= 0.6 is 0 Å². The number of rotatable bonds is 3. The highest BCUT2D eigenvalue weighted by molar-refractivity contribution is 5.91. The van der Waals surface area contributed by atoms with E-state index in [-0.39, 0.29) is 23.7 Å². The number of halogens is 2. The molecule has 1 aromatic carbocycles. The minimum absolute atomic E-state index is 0.251. The number of hydrogen-bond acceptors (Lipinski definition) is 2. The summed E-state index contributed by atoms with van der Waals surface area (Å²) in [6.07, 6.45) is 1.84. The Hall–Kier alpha value is -2.24. The third-order valence-corrected chi connectivity index (χ3v) is 3.51. The Labute approximate surface area is 112 Å². The first-order valence-corrected chi connectivity index (χ1v) is 6.24. The van der Waals surface area contributed by atoms with Crippen molar-refractivity contribution >= 4 is 16.9 Å². The van der Waals surface area contributed by atoms with Gasteiger partial charge in [0, 0.05) is 12.6 Å². The van der Waals surface area contributed by atoms with E-state index in [2.05, 4.69) is 0 Å². The molecule has 4 nitrogen and oxygen atoms in total. The number of benzene rings is 1. The Morgan fingerprint density at radius 2 is 1.95 bits per heavy atom. The van der Waals surface area contributed by atoms with Gasteiger partial charge in [0.2, 0.25) is 0 Å². The molecule has 0 atom stereocenters. The monoisotopic (exact) mass is 279 g/mol. The van der Waals surface area contributed by atoms with E-state index in [1.54, 1.807) is 0 Å².